The van der Waals surface area contributed by atoms with Gasteiger partial charge in [0.25, 0.3) is 0 Å². The molecule has 17 heavy (non-hydrogen) atoms. The van der Waals surface area contributed by atoms with E-state index in [2.05, 4.69) is 10.0 Å². The van der Waals surface area contributed by atoms with E-state index in [0.717, 1.165) is 4.88 Å². The molecule has 1 heterocycles. The summed E-state index contributed by atoms with van der Waals surface area (Å²) >= 11 is 1.30. The fourth-order valence-corrected chi connectivity index (χ4v) is 3.85. The van der Waals surface area contributed by atoms with E-state index in [0.29, 0.717) is 17.3 Å². The van der Waals surface area contributed by atoms with Crippen LogP contribution in [0.3, 0.4) is 0 Å². The quantitative estimate of drug-likeness (QED) is 0.862. The molecule has 0 aliphatic carbocycles. The molecule has 2 N–H and O–H groups in total. The van der Waals surface area contributed by atoms with Crippen LogP contribution in [0.5, 0.6) is 0 Å². The third kappa shape index (κ3) is 4.75. The van der Waals surface area contributed by atoms with Crippen LogP contribution in [0.15, 0.2) is 16.3 Å². The highest BCUT2D eigenvalue weighted by Crippen LogP contribution is 2.22. The minimum atomic E-state index is -3.35. The van der Waals surface area contributed by atoms with Crippen molar-refractivity contribution in [3.05, 3.63) is 17.0 Å². The lowest BCUT2D eigenvalue weighted by Crippen LogP contribution is -2.31. The van der Waals surface area contributed by atoms with Gasteiger partial charge in [-0.1, -0.05) is 20.8 Å². The maximum atomic E-state index is 12.0. The minimum Gasteiger partial charge on any atom is -0.315 e. The average Bonchev–Trinajstić information content (AvgIpc) is 2.64. The molecule has 0 fully saturated rings. The van der Waals surface area contributed by atoms with E-state index < -0.39 is 10.0 Å². The minimum absolute atomic E-state index is 0.0574. The molecule has 0 aliphatic heterocycles. The second-order valence-electron chi connectivity index (χ2n) is 5.14. The first kappa shape index (κ1) is 14.6. The number of hydrogen-bond acceptors (Lipinski definition) is 4. The van der Waals surface area contributed by atoms with E-state index in [1.165, 1.54) is 11.3 Å². The van der Waals surface area contributed by atoms with Crippen molar-refractivity contribution >= 4 is 21.4 Å². The largest absolute Gasteiger partial charge is 0.315 e. The van der Waals surface area contributed by atoms with Crippen molar-refractivity contribution in [3.8, 4) is 0 Å². The van der Waals surface area contributed by atoms with Gasteiger partial charge in [0.2, 0.25) is 10.0 Å². The predicted octanol–water partition coefficient (Wildman–Crippen LogP) is 1.79. The van der Waals surface area contributed by atoms with Gasteiger partial charge in [-0.15, -0.1) is 11.3 Å². The molecule has 0 amide bonds. The van der Waals surface area contributed by atoms with E-state index in [1.54, 1.807) is 6.07 Å². The predicted molar refractivity (Wildman–Crippen MR) is 71.7 cm³/mol. The molecular weight excluding hydrogens is 256 g/mol. The van der Waals surface area contributed by atoms with Crippen LogP contribution in [0.2, 0.25) is 0 Å². The van der Waals surface area contributed by atoms with Crippen molar-refractivity contribution in [2.75, 3.05) is 13.6 Å². The third-order valence-electron chi connectivity index (χ3n) is 2.05. The van der Waals surface area contributed by atoms with Gasteiger partial charge >= 0.3 is 0 Å². The molecule has 0 radical (unpaired) electrons. The molecule has 98 valence electrons. The smallest absolute Gasteiger partial charge is 0.250 e. The van der Waals surface area contributed by atoms with E-state index in [4.69, 9.17) is 0 Å². The van der Waals surface area contributed by atoms with Gasteiger partial charge in [-0.25, -0.2) is 13.1 Å². The molecule has 4 nitrogen and oxygen atoms in total. The number of thiophene rings is 1. The summed E-state index contributed by atoms with van der Waals surface area (Å²) in [6, 6.07) is 3.50. The first-order valence-electron chi connectivity index (χ1n) is 5.47. The summed E-state index contributed by atoms with van der Waals surface area (Å²) in [5.74, 6) is 0. The van der Waals surface area contributed by atoms with E-state index in [9.17, 15) is 8.42 Å². The Morgan fingerprint density at radius 1 is 1.29 bits per heavy atom. The lowest BCUT2D eigenvalue weighted by Gasteiger charge is -2.18. The zero-order valence-corrected chi connectivity index (χ0v) is 12.3. The van der Waals surface area contributed by atoms with E-state index in [-0.39, 0.29) is 5.41 Å². The summed E-state index contributed by atoms with van der Waals surface area (Å²) in [6.45, 7) is 7.12. The normalized spacial score (nSPS) is 12.9. The summed E-state index contributed by atoms with van der Waals surface area (Å²) in [7, 11) is -1.51. The molecular formula is C11H20N2O2S2. The van der Waals surface area contributed by atoms with Gasteiger partial charge in [0, 0.05) is 18.0 Å². The lowest BCUT2D eigenvalue weighted by atomic mass is 9.98. The van der Waals surface area contributed by atoms with Gasteiger partial charge < -0.3 is 5.32 Å². The maximum absolute atomic E-state index is 12.0. The molecule has 1 aromatic heterocycles. The Morgan fingerprint density at radius 3 is 2.47 bits per heavy atom. The number of sulfonamides is 1. The summed E-state index contributed by atoms with van der Waals surface area (Å²) in [5.41, 5.74) is -0.0574. The lowest BCUT2D eigenvalue weighted by molar-refractivity contribution is 0.408. The van der Waals surface area contributed by atoms with Crippen molar-refractivity contribution in [1.29, 1.82) is 0 Å². The van der Waals surface area contributed by atoms with Crippen molar-refractivity contribution < 1.29 is 8.42 Å². The molecule has 0 unspecified atom stereocenters. The zero-order valence-electron chi connectivity index (χ0n) is 10.7. The summed E-state index contributed by atoms with van der Waals surface area (Å²) in [6.07, 6.45) is 0. The first-order valence-corrected chi connectivity index (χ1v) is 7.77. The molecule has 0 aliphatic rings. The SMILES string of the molecule is CNCc1ccc(S(=O)(=O)NCC(C)(C)C)s1. The fourth-order valence-electron chi connectivity index (χ4n) is 1.15. The second kappa shape index (κ2) is 5.48. The molecule has 0 aromatic carbocycles. The number of rotatable bonds is 5. The zero-order chi connectivity index (χ0) is 13.1. The fraction of sp³-hybridized carbons (Fsp3) is 0.636. The van der Waals surface area contributed by atoms with Crippen LogP contribution in [-0.2, 0) is 16.6 Å². The van der Waals surface area contributed by atoms with Crippen molar-refractivity contribution in [3.63, 3.8) is 0 Å². The van der Waals surface area contributed by atoms with Crippen LogP contribution in [0.25, 0.3) is 0 Å². The Morgan fingerprint density at radius 2 is 1.94 bits per heavy atom. The Labute approximate surface area is 107 Å². The van der Waals surface area contributed by atoms with Crippen molar-refractivity contribution in [2.45, 2.75) is 31.5 Å². The van der Waals surface area contributed by atoms with Crippen molar-refractivity contribution in [2.24, 2.45) is 5.41 Å². The van der Waals surface area contributed by atoms with Crippen molar-refractivity contribution in [1.82, 2.24) is 10.0 Å². The third-order valence-corrected chi connectivity index (χ3v) is 5.02. The van der Waals surface area contributed by atoms with Gasteiger partial charge in [-0.3, -0.25) is 0 Å². The van der Waals surface area contributed by atoms with Crippen LogP contribution in [0, 0.1) is 5.41 Å². The highest BCUT2D eigenvalue weighted by molar-refractivity contribution is 7.91. The van der Waals surface area contributed by atoms with Crippen LogP contribution < -0.4 is 10.0 Å². The van der Waals surface area contributed by atoms with Crippen LogP contribution >= 0.6 is 11.3 Å². The Balaban J connectivity index is 2.75. The molecule has 0 saturated carbocycles. The molecule has 0 atom stereocenters. The Bertz CT molecular complexity index is 458. The highest BCUT2D eigenvalue weighted by Gasteiger charge is 2.19. The van der Waals surface area contributed by atoms with Gasteiger partial charge in [0.1, 0.15) is 4.21 Å². The van der Waals surface area contributed by atoms with Gasteiger partial charge in [-0.2, -0.15) is 0 Å². The van der Waals surface area contributed by atoms with E-state index >= 15 is 0 Å². The Hall–Kier alpha value is -0.430. The Kier molecular flexibility index (Phi) is 4.71. The number of nitrogens with one attached hydrogen (secondary N) is 2. The molecule has 0 saturated heterocycles. The van der Waals surface area contributed by atoms with Crippen LogP contribution in [0.1, 0.15) is 25.6 Å². The topological polar surface area (TPSA) is 58.2 Å². The summed E-state index contributed by atoms with van der Waals surface area (Å²) in [5, 5.41) is 3.00. The molecule has 0 bridgehead atoms. The molecule has 6 heteroatoms. The second-order valence-corrected chi connectivity index (χ2v) is 8.30. The van der Waals surface area contributed by atoms with Gasteiger partial charge in [0.05, 0.1) is 0 Å². The average molecular weight is 276 g/mol. The van der Waals surface area contributed by atoms with Gasteiger partial charge in [-0.05, 0) is 24.6 Å². The maximum Gasteiger partial charge on any atom is 0.250 e. The van der Waals surface area contributed by atoms with Gasteiger partial charge in [0.15, 0.2) is 0 Å². The summed E-state index contributed by atoms with van der Waals surface area (Å²) < 4.78 is 27.0. The summed E-state index contributed by atoms with van der Waals surface area (Å²) in [4.78, 5) is 1.02. The van der Waals surface area contributed by atoms with Crippen LogP contribution in [0.4, 0.5) is 0 Å². The molecule has 1 aromatic rings. The monoisotopic (exact) mass is 276 g/mol. The highest BCUT2D eigenvalue weighted by atomic mass is 32.2. The van der Waals surface area contributed by atoms with Crippen LogP contribution in [-0.4, -0.2) is 22.0 Å². The molecule has 1 rings (SSSR count). The standard InChI is InChI=1S/C11H20N2O2S2/c1-11(2,3)8-13-17(14,15)10-6-5-9(16-10)7-12-4/h5-6,12-13H,7-8H2,1-4H3. The number of hydrogen-bond donors (Lipinski definition) is 2. The molecule has 0 spiro atoms. The van der Waals surface area contributed by atoms with E-state index in [1.807, 2.05) is 33.9 Å². The first-order chi connectivity index (χ1) is 7.74.